The molecule has 0 aliphatic rings. The number of nitrogens with two attached hydrogens (primary N) is 1. The van der Waals surface area contributed by atoms with E-state index in [9.17, 15) is 4.79 Å². The van der Waals surface area contributed by atoms with Crippen LogP contribution in [0.1, 0.15) is 10.4 Å². The number of rotatable bonds is 2. The summed E-state index contributed by atoms with van der Waals surface area (Å²) in [6, 6.07) is 9.07. The van der Waals surface area contributed by atoms with E-state index in [4.69, 9.17) is 10.5 Å². The molecule has 0 spiro atoms. The Balaban J connectivity index is 2.15. The van der Waals surface area contributed by atoms with Crippen molar-refractivity contribution in [1.82, 2.24) is 9.38 Å². The lowest BCUT2D eigenvalue weighted by Gasteiger charge is -2.08. The smallest absolute Gasteiger partial charge is 0.337 e. The summed E-state index contributed by atoms with van der Waals surface area (Å²) in [6.07, 6.45) is 5.42. The average Bonchev–Trinajstić information content (AvgIpc) is 2.96. The summed E-state index contributed by atoms with van der Waals surface area (Å²) in [6.45, 7) is 0. The van der Waals surface area contributed by atoms with Crippen LogP contribution < -0.4 is 5.73 Å². The molecular weight excluding hydrogens is 254 g/mol. The molecular formula is C15H13N3O2. The first-order valence-electron chi connectivity index (χ1n) is 6.10. The van der Waals surface area contributed by atoms with Crippen molar-refractivity contribution in [2.75, 3.05) is 12.8 Å². The number of carbonyl (C=O) groups excluding carboxylic acids is 1. The zero-order valence-corrected chi connectivity index (χ0v) is 10.9. The second kappa shape index (κ2) is 4.70. The molecule has 20 heavy (non-hydrogen) atoms. The Bertz CT molecular complexity index is 793. The molecule has 3 rings (SSSR count). The van der Waals surface area contributed by atoms with Crippen molar-refractivity contribution in [3.05, 3.63) is 54.5 Å². The normalized spacial score (nSPS) is 10.7. The number of hydrogen-bond donors (Lipinski definition) is 1. The number of hydrogen-bond acceptors (Lipinski definition) is 4. The molecule has 1 aromatic carbocycles. The van der Waals surface area contributed by atoms with Gasteiger partial charge in [-0.1, -0.05) is 12.1 Å². The fourth-order valence-electron chi connectivity index (χ4n) is 2.19. The summed E-state index contributed by atoms with van der Waals surface area (Å²) in [5, 5.41) is 0. The molecule has 0 aliphatic heterocycles. The van der Waals surface area contributed by atoms with Crippen molar-refractivity contribution < 1.29 is 9.53 Å². The molecule has 2 N–H and O–H groups in total. The van der Waals surface area contributed by atoms with Crippen molar-refractivity contribution in [1.29, 1.82) is 0 Å². The quantitative estimate of drug-likeness (QED) is 0.724. The number of nitrogens with zero attached hydrogens (tertiary/aromatic N) is 2. The number of methoxy groups -OCH3 is 1. The molecule has 0 amide bonds. The number of ether oxygens (including phenoxy) is 1. The fourth-order valence-corrected chi connectivity index (χ4v) is 2.19. The molecule has 2 heterocycles. The lowest BCUT2D eigenvalue weighted by molar-refractivity contribution is 0.0601. The third-order valence-corrected chi connectivity index (χ3v) is 3.20. The predicted molar refractivity (Wildman–Crippen MR) is 76.4 cm³/mol. The standard InChI is InChI=1S/C15H13N3O2/c1-20-15(19)11-4-2-3-10(9-11)12-5-7-18-8-6-17-14(18)13(12)16/h2-9H,16H2,1H3. The van der Waals surface area contributed by atoms with Gasteiger partial charge in [-0.15, -0.1) is 0 Å². The SMILES string of the molecule is COC(=O)c1cccc(-c2ccn3ccnc3c2N)c1. The Morgan fingerprint density at radius 3 is 2.95 bits per heavy atom. The minimum absolute atomic E-state index is 0.368. The Labute approximate surface area is 115 Å². The largest absolute Gasteiger partial charge is 0.465 e. The first kappa shape index (κ1) is 12.2. The highest BCUT2D eigenvalue weighted by Gasteiger charge is 2.11. The Morgan fingerprint density at radius 1 is 1.30 bits per heavy atom. The van der Waals surface area contributed by atoms with Crippen molar-refractivity contribution in [2.24, 2.45) is 0 Å². The Kier molecular flexibility index (Phi) is 2.87. The van der Waals surface area contributed by atoms with Crippen LogP contribution in [0, 0.1) is 0 Å². The molecule has 0 bridgehead atoms. The number of esters is 1. The van der Waals surface area contributed by atoms with Crippen LogP contribution in [0.3, 0.4) is 0 Å². The fraction of sp³-hybridized carbons (Fsp3) is 0.0667. The van der Waals surface area contributed by atoms with Gasteiger partial charge in [0.1, 0.15) is 0 Å². The summed E-state index contributed by atoms with van der Waals surface area (Å²) in [4.78, 5) is 15.8. The lowest BCUT2D eigenvalue weighted by atomic mass is 10.0. The third-order valence-electron chi connectivity index (χ3n) is 3.20. The van der Waals surface area contributed by atoms with Gasteiger partial charge in [-0.2, -0.15) is 0 Å². The van der Waals surface area contributed by atoms with Crippen LogP contribution in [0.5, 0.6) is 0 Å². The number of pyridine rings is 1. The Hall–Kier alpha value is -2.82. The van der Waals surface area contributed by atoms with Gasteiger partial charge >= 0.3 is 5.97 Å². The highest BCUT2D eigenvalue weighted by atomic mass is 16.5. The van der Waals surface area contributed by atoms with E-state index in [2.05, 4.69) is 4.98 Å². The molecule has 0 aliphatic carbocycles. The van der Waals surface area contributed by atoms with Gasteiger partial charge in [0.05, 0.1) is 18.4 Å². The van der Waals surface area contributed by atoms with E-state index >= 15 is 0 Å². The van der Waals surface area contributed by atoms with Gasteiger partial charge in [0.25, 0.3) is 0 Å². The second-order valence-corrected chi connectivity index (χ2v) is 4.37. The first-order valence-corrected chi connectivity index (χ1v) is 6.10. The van der Waals surface area contributed by atoms with Crippen LogP contribution in [0.2, 0.25) is 0 Å². The van der Waals surface area contributed by atoms with Crippen LogP contribution in [0.15, 0.2) is 48.9 Å². The summed E-state index contributed by atoms with van der Waals surface area (Å²) in [5.41, 5.74) is 9.63. The topological polar surface area (TPSA) is 69.6 Å². The van der Waals surface area contributed by atoms with Crippen molar-refractivity contribution >= 4 is 17.3 Å². The number of carbonyl (C=O) groups is 1. The van der Waals surface area contributed by atoms with Crippen molar-refractivity contribution in [2.45, 2.75) is 0 Å². The molecule has 0 radical (unpaired) electrons. The first-order chi connectivity index (χ1) is 9.70. The van der Waals surface area contributed by atoms with E-state index in [1.807, 2.05) is 28.9 Å². The van der Waals surface area contributed by atoms with Gasteiger partial charge in [-0.05, 0) is 23.8 Å². The molecule has 2 aromatic heterocycles. The monoisotopic (exact) mass is 267 g/mol. The van der Waals surface area contributed by atoms with Gasteiger partial charge in [-0.3, -0.25) is 0 Å². The molecule has 3 aromatic rings. The number of anilines is 1. The minimum Gasteiger partial charge on any atom is -0.465 e. The summed E-state index contributed by atoms with van der Waals surface area (Å²) >= 11 is 0. The van der Waals surface area contributed by atoms with Gasteiger partial charge in [-0.25, -0.2) is 9.78 Å². The highest BCUT2D eigenvalue weighted by Crippen LogP contribution is 2.29. The van der Waals surface area contributed by atoms with E-state index in [1.165, 1.54) is 7.11 Å². The summed E-state index contributed by atoms with van der Waals surface area (Å²) in [5.74, 6) is -0.368. The number of fused-ring (bicyclic) bond motifs is 1. The van der Waals surface area contributed by atoms with E-state index < -0.39 is 0 Å². The zero-order valence-electron chi connectivity index (χ0n) is 10.9. The summed E-state index contributed by atoms with van der Waals surface area (Å²) < 4.78 is 6.58. The van der Waals surface area contributed by atoms with Crippen LogP contribution in [0.25, 0.3) is 16.8 Å². The maximum Gasteiger partial charge on any atom is 0.337 e. The molecule has 0 saturated heterocycles. The number of aromatic nitrogens is 2. The molecule has 0 fully saturated rings. The molecule has 0 unspecified atom stereocenters. The van der Waals surface area contributed by atoms with E-state index in [0.717, 1.165) is 11.1 Å². The van der Waals surface area contributed by atoms with Crippen LogP contribution in [-0.4, -0.2) is 22.5 Å². The van der Waals surface area contributed by atoms with Gasteiger partial charge in [0, 0.05) is 24.2 Å². The van der Waals surface area contributed by atoms with Gasteiger partial charge in [0.15, 0.2) is 5.65 Å². The molecule has 0 atom stereocenters. The van der Waals surface area contributed by atoms with E-state index in [1.54, 1.807) is 24.4 Å². The van der Waals surface area contributed by atoms with Gasteiger partial charge in [0.2, 0.25) is 0 Å². The molecule has 100 valence electrons. The lowest BCUT2D eigenvalue weighted by Crippen LogP contribution is -2.01. The average molecular weight is 267 g/mol. The molecule has 5 heteroatoms. The number of imidazole rings is 1. The van der Waals surface area contributed by atoms with Gasteiger partial charge < -0.3 is 14.9 Å². The van der Waals surface area contributed by atoms with E-state index in [0.29, 0.717) is 16.9 Å². The van der Waals surface area contributed by atoms with Crippen LogP contribution >= 0.6 is 0 Å². The predicted octanol–water partition coefficient (Wildman–Crippen LogP) is 2.37. The van der Waals surface area contributed by atoms with E-state index in [-0.39, 0.29) is 5.97 Å². The number of nitrogen functional groups attached to an aromatic ring is 1. The maximum absolute atomic E-state index is 11.6. The minimum atomic E-state index is -0.368. The van der Waals surface area contributed by atoms with Crippen LogP contribution in [-0.2, 0) is 4.74 Å². The molecule has 0 saturated carbocycles. The Morgan fingerprint density at radius 2 is 2.15 bits per heavy atom. The highest BCUT2D eigenvalue weighted by molar-refractivity contribution is 5.92. The van der Waals surface area contributed by atoms with Crippen molar-refractivity contribution in [3.63, 3.8) is 0 Å². The third kappa shape index (κ3) is 1.89. The maximum atomic E-state index is 11.6. The number of benzene rings is 1. The second-order valence-electron chi connectivity index (χ2n) is 4.37. The molecule has 5 nitrogen and oxygen atoms in total. The summed E-state index contributed by atoms with van der Waals surface area (Å²) in [7, 11) is 1.36. The zero-order chi connectivity index (χ0) is 14.1. The van der Waals surface area contributed by atoms with Crippen molar-refractivity contribution in [3.8, 4) is 11.1 Å². The van der Waals surface area contributed by atoms with Crippen LogP contribution in [0.4, 0.5) is 5.69 Å².